The first-order valence-electron chi connectivity index (χ1n) is 14.7. The van der Waals surface area contributed by atoms with Gasteiger partial charge in [0.05, 0.1) is 40.6 Å². The van der Waals surface area contributed by atoms with E-state index in [1.807, 2.05) is 68.4 Å². The van der Waals surface area contributed by atoms with Crippen LogP contribution >= 0.6 is 11.3 Å². The van der Waals surface area contributed by atoms with Crippen molar-refractivity contribution in [2.45, 2.75) is 26.8 Å². The van der Waals surface area contributed by atoms with Crippen molar-refractivity contribution in [3.05, 3.63) is 138 Å². The molecule has 2 aromatic heterocycles. The van der Waals surface area contributed by atoms with Gasteiger partial charge in [-0.2, -0.15) is 0 Å². The minimum atomic E-state index is -1.03. The molecule has 0 spiro atoms. The number of hydrogen-bond donors (Lipinski definition) is 1. The van der Waals surface area contributed by atoms with Gasteiger partial charge in [-0.15, -0.1) is 0 Å². The molecule has 1 atom stereocenters. The summed E-state index contributed by atoms with van der Waals surface area (Å²) in [5.41, 5.74) is 3.38. The molecule has 0 unspecified atom stereocenters. The number of ether oxygens (including phenoxy) is 2. The van der Waals surface area contributed by atoms with E-state index in [1.165, 1.54) is 15.9 Å². The van der Waals surface area contributed by atoms with Crippen LogP contribution in [-0.2, 0) is 9.53 Å². The molecule has 0 bridgehead atoms. The van der Waals surface area contributed by atoms with Crippen molar-refractivity contribution >= 4 is 35.0 Å². The summed E-state index contributed by atoms with van der Waals surface area (Å²) >= 11 is 1.19. The van der Waals surface area contributed by atoms with Crippen LogP contribution in [-0.4, -0.2) is 34.8 Å². The quantitative estimate of drug-likeness (QED) is 0.210. The number of carbonyl (C=O) groups is 2. The highest BCUT2D eigenvalue weighted by molar-refractivity contribution is 7.07. The Labute approximate surface area is 268 Å². The van der Waals surface area contributed by atoms with Gasteiger partial charge in [0.25, 0.3) is 5.56 Å². The monoisotopic (exact) mass is 634 g/mol. The second kappa shape index (κ2) is 12.9. The highest BCUT2D eigenvalue weighted by Gasteiger charge is 2.35. The number of thiazole rings is 1. The van der Waals surface area contributed by atoms with Crippen LogP contribution in [0.5, 0.6) is 5.75 Å². The summed E-state index contributed by atoms with van der Waals surface area (Å²) in [4.78, 5) is 44.6. The maximum absolute atomic E-state index is 14.2. The van der Waals surface area contributed by atoms with Gasteiger partial charge in [-0.25, -0.2) is 14.6 Å². The summed E-state index contributed by atoms with van der Waals surface area (Å²) in [5, 5.41) is 9.45. The first-order valence-corrected chi connectivity index (χ1v) is 15.6. The summed E-state index contributed by atoms with van der Waals surface area (Å²) < 4.78 is 19.1. The van der Waals surface area contributed by atoms with Crippen molar-refractivity contribution in [3.63, 3.8) is 0 Å². The number of aryl methyl sites for hydroxylation is 1. The van der Waals surface area contributed by atoms with E-state index in [9.17, 15) is 19.5 Å². The minimum absolute atomic E-state index is 0.146. The number of esters is 1. The molecule has 10 heteroatoms. The molecular weight excluding hydrogens is 604 g/mol. The summed E-state index contributed by atoms with van der Waals surface area (Å²) in [6.07, 6.45) is 1.63. The average molecular weight is 635 g/mol. The maximum atomic E-state index is 14.2. The standard InChI is InChI=1S/C36H30N2O7S/c1-4-43-25-15-13-23(14-16-25)32-30(35(42)44-5-2)31(22-9-7-6-8-10-22)37-36-38(32)33(39)29(46-36)20-26-17-18-28(45-26)27-19-24(34(40)41)12-11-21(27)3/h6-20,32H,4-5H2,1-3H3,(H,40,41)/b29-20-/t32-/m0/s1. The fourth-order valence-electron chi connectivity index (χ4n) is 5.39. The van der Waals surface area contributed by atoms with E-state index < -0.39 is 18.0 Å². The van der Waals surface area contributed by atoms with Crippen LogP contribution in [0.4, 0.5) is 0 Å². The molecular formula is C36H30N2O7S. The molecule has 0 radical (unpaired) electrons. The molecule has 0 amide bonds. The number of carboxylic acid groups (broad SMARTS) is 1. The van der Waals surface area contributed by atoms with Gasteiger partial charge in [0.1, 0.15) is 17.3 Å². The number of carboxylic acids is 1. The highest BCUT2D eigenvalue weighted by atomic mass is 32.1. The lowest BCUT2D eigenvalue weighted by Gasteiger charge is -2.26. The van der Waals surface area contributed by atoms with Crippen molar-refractivity contribution in [2.24, 2.45) is 4.99 Å². The Hall–Kier alpha value is -5.48. The van der Waals surface area contributed by atoms with Crippen molar-refractivity contribution in [3.8, 4) is 17.1 Å². The van der Waals surface area contributed by atoms with Gasteiger partial charge in [0.2, 0.25) is 0 Å². The molecule has 46 heavy (non-hydrogen) atoms. The van der Waals surface area contributed by atoms with E-state index in [1.54, 1.807) is 43.3 Å². The predicted octanol–water partition coefficient (Wildman–Crippen LogP) is 5.60. The van der Waals surface area contributed by atoms with Gasteiger partial charge in [-0.05, 0) is 68.3 Å². The molecule has 232 valence electrons. The third kappa shape index (κ3) is 5.82. The van der Waals surface area contributed by atoms with Gasteiger partial charge in [0, 0.05) is 17.2 Å². The second-order valence-electron chi connectivity index (χ2n) is 10.5. The van der Waals surface area contributed by atoms with Gasteiger partial charge in [-0.3, -0.25) is 9.36 Å². The summed E-state index contributed by atoms with van der Waals surface area (Å²) in [7, 11) is 0. The van der Waals surface area contributed by atoms with Crippen LogP contribution < -0.4 is 19.6 Å². The van der Waals surface area contributed by atoms with Gasteiger partial charge < -0.3 is 19.0 Å². The molecule has 0 saturated heterocycles. The molecule has 5 aromatic rings. The molecule has 1 aliphatic rings. The minimum Gasteiger partial charge on any atom is -0.494 e. The topological polar surface area (TPSA) is 120 Å². The Morgan fingerprint density at radius 1 is 1.00 bits per heavy atom. The first-order chi connectivity index (χ1) is 22.3. The number of furan rings is 1. The molecule has 3 aromatic carbocycles. The zero-order valence-corrected chi connectivity index (χ0v) is 26.2. The smallest absolute Gasteiger partial charge is 0.338 e. The van der Waals surface area contributed by atoms with Crippen LogP contribution in [0.1, 0.15) is 52.7 Å². The van der Waals surface area contributed by atoms with Gasteiger partial charge in [-0.1, -0.05) is 59.9 Å². The Bertz CT molecular complexity index is 2160. The lowest BCUT2D eigenvalue weighted by Crippen LogP contribution is -2.40. The van der Waals surface area contributed by atoms with Crippen LogP contribution in [0.15, 0.2) is 105 Å². The van der Waals surface area contributed by atoms with E-state index in [2.05, 4.69) is 0 Å². The first kappa shape index (κ1) is 30.5. The van der Waals surface area contributed by atoms with Crippen molar-refractivity contribution < 1.29 is 28.6 Å². The molecule has 0 fully saturated rings. The third-order valence-corrected chi connectivity index (χ3v) is 8.51. The second-order valence-corrected chi connectivity index (χ2v) is 11.5. The molecule has 0 aliphatic carbocycles. The number of nitrogens with zero attached hydrogens (tertiary/aromatic N) is 2. The van der Waals surface area contributed by atoms with E-state index in [4.69, 9.17) is 18.9 Å². The largest absolute Gasteiger partial charge is 0.494 e. The molecule has 9 nitrogen and oxygen atoms in total. The highest BCUT2D eigenvalue weighted by Crippen LogP contribution is 2.36. The average Bonchev–Trinajstić information content (AvgIpc) is 3.65. The summed E-state index contributed by atoms with van der Waals surface area (Å²) in [5.74, 6) is -0.0451. The van der Waals surface area contributed by atoms with Gasteiger partial charge in [0.15, 0.2) is 4.80 Å². The number of carbonyl (C=O) groups excluding carboxylic acids is 1. The Balaban J connectivity index is 1.53. The molecule has 3 heterocycles. The van der Waals surface area contributed by atoms with Crippen LogP contribution in [0.3, 0.4) is 0 Å². The van der Waals surface area contributed by atoms with Crippen molar-refractivity contribution in [1.82, 2.24) is 4.57 Å². The Morgan fingerprint density at radius 3 is 2.46 bits per heavy atom. The lowest BCUT2D eigenvalue weighted by molar-refractivity contribution is -0.138. The van der Waals surface area contributed by atoms with Crippen LogP contribution in [0, 0.1) is 6.92 Å². The van der Waals surface area contributed by atoms with Gasteiger partial charge >= 0.3 is 11.9 Å². The summed E-state index contributed by atoms with van der Waals surface area (Å²) in [6.45, 7) is 6.16. The fourth-order valence-corrected chi connectivity index (χ4v) is 6.37. The van der Waals surface area contributed by atoms with Crippen molar-refractivity contribution in [2.75, 3.05) is 13.2 Å². The fraction of sp³-hybridized carbons (Fsp3) is 0.167. The number of aromatic nitrogens is 1. The maximum Gasteiger partial charge on any atom is 0.338 e. The lowest BCUT2D eigenvalue weighted by atomic mass is 9.93. The number of rotatable bonds is 9. The Kier molecular flexibility index (Phi) is 8.54. The van der Waals surface area contributed by atoms with E-state index in [0.29, 0.717) is 55.6 Å². The molecule has 6 rings (SSSR count). The number of benzene rings is 3. The Morgan fingerprint density at radius 2 is 1.76 bits per heavy atom. The predicted molar refractivity (Wildman–Crippen MR) is 175 cm³/mol. The normalized spacial score (nSPS) is 14.5. The third-order valence-electron chi connectivity index (χ3n) is 7.53. The zero-order valence-electron chi connectivity index (χ0n) is 25.4. The van der Waals surface area contributed by atoms with Crippen molar-refractivity contribution in [1.29, 1.82) is 0 Å². The van der Waals surface area contributed by atoms with Crippen LogP contribution in [0.2, 0.25) is 0 Å². The van der Waals surface area contributed by atoms with E-state index >= 15 is 0 Å². The number of fused-ring (bicyclic) bond motifs is 1. The number of aromatic carboxylic acids is 1. The molecule has 0 saturated carbocycles. The van der Waals surface area contributed by atoms with E-state index in [0.717, 1.165) is 5.56 Å². The van der Waals surface area contributed by atoms with Crippen LogP contribution in [0.25, 0.3) is 23.1 Å². The number of hydrogen-bond acceptors (Lipinski definition) is 8. The molecule has 1 N–H and O–H groups in total. The molecule has 1 aliphatic heterocycles. The SMILES string of the molecule is CCOC(=O)C1=C(c2ccccc2)N=c2s/c(=C\c3ccc(-c4cc(C(=O)O)ccc4C)o3)c(=O)n2[C@H]1c1ccc(OCC)cc1. The summed E-state index contributed by atoms with van der Waals surface area (Å²) in [6, 6.07) is 24.1. The zero-order chi connectivity index (χ0) is 32.4. The van der Waals surface area contributed by atoms with E-state index in [-0.39, 0.29) is 23.3 Å².